The first-order valence-corrected chi connectivity index (χ1v) is 6.72. The van der Waals surface area contributed by atoms with E-state index in [1.807, 2.05) is 4.98 Å². The third-order valence-corrected chi connectivity index (χ3v) is 2.99. The molecule has 2 aromatic rings. The van der Waals surface area contributed by atoms with Gasteiger partial charge in [0.15, 0.2) is 0 Å². The van der Waals surface area contributed by atoms with Gasteiger partial charge in [-0.15, -0.1) is 5.11 Å². The van der Waals surface area contributed by atoms with E-state index in [0.29, 0.717) is 11.3 Å². The molecule has 0 aliphatic rings. The Morgan fingerprint density at radius 2 is 2.00 bits per heavy atom. The molecule has 0 saturated heterocycles. The van der Waals surface area contributed by atoms with E-state index < -0.39 is 23.2 Å². The summed E-state index contributed by atoms with van der Waals surface area (Å²) in [6.07, 6.45) is 0.190. The highest BCUT2D eigenvalue weighted by atomic mass is 19.1. The van der Waals surface area contributed by atoms with Crippen LogP contribution < -0.4 is 11.2 Å². The number of hydrogen-bond donors (Lipinski definition) is 1. The van der Waals surface area contributed by atoms with Crippen LogP contribution in [-0.2, 0) is 11.3 Å². The summed E-state index contributed by atoms with van der Waals surface area (Å²) in [7, 11) is 2.62. The smallest absolute Gasteiger partial charge is 0.431 e. The third kappa shape index (κ3) is 4.12. The van der Waals surface area contributed by atoms with Crippen LogP contribution in [0.4, 0.5) is 14.9 Å². The molecule has 1 aromatic heterocycles. The van der Waals surface area contributed by atoms with Gasteiger partial charge in [0, 0.05) is 7.05 Å². The number of carbonyl (C=O) groups is 1. The Labute approximate surface area is 135 Å². The molecular formula is C14H14FN5O4. The number of aromatic amines is 1. The van der Waals surface area contributed by atoms with Crippen molar-refractivity contribution in [2.75, 3.05) is 14.2 Å². The predicted octanol–water partition coefficient (Wildman–Crippen LogP) is 1.42. The summed E-state index contributed by atoms with van der Waals surface area (Å²) in [5, 5.41) is 8.42. The standard InChI is InChI=1S/C14H14FN5O4/c1-19(14(23)24-2)18-17-10-5-3-9(4-6-10)7-20-8-11(15)12(21)16-13(20)22/h3-6,8H,7H2,1-2H3,(H,16,21,22). The molecule has 0 aliphatic heterocycles. The first-order chi connectivity index (χ1) is 11.4. The molecule has 1 amide bonds. The van der Waals surface area contributed by atoms with Crippen molar-refractivity contribution < 1.29 is 13.9 Å². The lowest BCUT2D eigenvalue weighted by atomic mass is 10.2. The van der Waals surface area contributed by atoms with Crippen LogP contribution >= 0.6 is 0 Å². The van der Waals surface area contributed by atoms with E-state index in [-0.39, 0.29) is 6.54 Å². The molecule has 0 spiro atoms. The first-order valence-electron chi connectivity index (χ1n) is 6.72. The molecule has 10 heteroatoms. The van der Waals surface area contributed by atoms with Gasteiger partial charge in [-0.3, -0.25) is 14.3 Å². The van der Waals surface area contributed by atoms with Crippen molar-refractivity contribution in [3.63, 3.8) is 0 Å². The molecule has 1 heterocycles. The highest BCUT2D eigenvalue weighted by Gasteiger charge is 2.06. The second-order valence-electron chi connectivity index (χ2n) is 4.71. The van der Waals surface area contributed by atoms with Gasteiger partial charge in [-0.05, 0) is 17.7 Å². The third-order valence-electron chi connectivity index (χ3n) is 2.99. The van der Waals surface area contributed by atoms with E-state index in [1.165, 1.54) is 14.2 Å². The summed E-state index contributed by atoms with van der Waals surface area (Å²) in [5.41, 5.74) is -0.607. The van der Waals surface area contributed by atoms with Crippen molar-refractivity contribution in [2.24, 2.45) is 10.3 Å². The van der Waals surface area contributed by atoms with Gasteiger partial charge in [0.2, 0.25) is 5.82 Å². The lowest BCUT2D eigenvalue weighted by Gasteiger charge is -2.07. The van der Waals surface area contributed by atoms with Crippen molar-refractivity contribution in [1.82, 2.24) is 14.6 Å². The summed E-state index contributed by atoms with van der Waals surface area (Å²) < 4.78 is 18.7. The van der Waals surface area contributed by atoms with Crippen molar-refractivity contribution in [3.8, 4) is 0 Å². The van der Waals surface area contributed by atoms with Crippen LogP contribution in [0.5, 0.6) is 0 Å². The van der Waals surface area contributed by atoms with Crippen LogP contribution in [-0.4, -0.2) is 34.8 Å². The van der Waals surface area contributed by atoms with Gasteiger partial charge >= 0.3 is 11.8 Å². The lowest BCUT2D eigenvalue weighted by Crippen LogP contribution is -2.31. The molecule has 0 radical (unpaired) electrons. The fraction of sp³-hybridized carbons (Fsp3) is 0.214. The van der Waals surface area contributed by atoms with E-state index in [4.69, 9.17) is 0 Å². The number of halogens is 1. The number of ether oxygens (including phenoxy) is 1. The minimum atomic E-state index is -1.05. The van der Waals surface area contributed by atoms with Crippen molar-refractivity contribution in [2.45, 2.75) is 6.54 Å². The first kappa shape index (κ1) is 17.1. The average Bonchev–Trinajstić information content (AvgIpc) is 2.58. The fourth-order valence-electron chi connectivity index (χ4n) is 1.75. The number of nitrogens with one attached hydrogen (secondary N) is 1. The van der Waals surface area contributed by atoms with E-state index in [9.17, 15) is 18.8 Å². The zero-order valence-electron chi connectivity index (χ0n) is 12.9. The highest BCUT2D eigenvalue weighted by Crippen LogP contribution is 2.14. The Balaban J connectivity index is 2.11. The summed E-state index contributed by atoms with van der Waals surface area (Å²) >= 11 is 0. The minimum absolute atomic E-state index is 0.0754. The molecule has 0 unspecified atom stereocenters. The number of aromatic nitrogens is 2. The van der Waals surface area contributed by atoms with Crippen LogP contribution in [0.1, 0.15) is 5.56 Å². The highest BCUT2D eigenvalue weighted by molar-refractivity contribution is 5.66. The molecule has 0 fully saturated rings. The maximum atomic E-state index is 13.2. The number of H-pyrrole nitrogens is 1. The van der Waals surface area contributed by atoms with Gasteiger partial charge in [0.05, 0.1) is 25.5 Å². The molecule has 0 aliphatic carbocycles. The van der Waals surface area contributed by atoms with Crippen molar-refractivity contribution in [3.05, 3.63) is 62.7 Å². The van der Waals surface area contributed by atoms with Gasteiger partial charge in [0.25, 0.3) is 5.56 Å². The van der Waals surface area contributed by atoms with Crippen LogP contribution in [0.15, 0.2) is 50.4 Å². The zero-order chi connectivity index (χ0) is 17.7. The number of hydrogen-bond acceptors (Lipinski definition) is 6. The predicted molar refractivity (Wildman–Crippen MR) is 81.5 cm³/mol. The zero-order valence-corrected chi connectivity index (χ0v) is 12.9. The van der Waals surface area contributed by atoms with Crippen LogP contribution in [0.2, 0.25) is 0 Å². The molecule has 2 rings (SSSR count). The van der Waals surface area contributed by atoms with Gasteiger partial charge in [-0.25, -0.2) is 9.59 Å². The topological polar surface area (TPSA) is 109 Å². The fourth-order valence-corrected chi connectivity index (χ4v) is 1.75. The van der Waals surface area contributed by atoms with E-state index >= 15 is 0 Å². The molecule has 1 aromatic carbocycles. The summed E-state index contributed by atoms with van der Waals surface area (Å²) in [6.45, 7) is 0.0754. The number of benzene rings is 1. The summed E-state index contributed by atoms with van der Waals surface area (Å²) in [5.74, 6) is -1.04. The summed E-state index contributed by atoms with van der Waals surface area (Å²) in [4.78, 5) is 35.6. The van der Waals surface area contributed by atoms with Gasteiger partial charge in [-0.2, -0.15) is 9.40 Å². The molecule has 0 atom stereocenters. The Morgan fingerprint density at radius 1 is 1.33 bits per heavy atom. The average molecular weight is 335 g/mol. The molecule has 9 nitrogen and oxygen atoms in total. The number of rotatable bonds is 4. The van der Waals surface area contributed by atoms with Gasteiger partial charge < -0.3 is 4.74 Å². The Kier molecular flexibility index (Phi) is 5.20. The van der Waals surface area contributed by atoms with Gasteiger partial charge in [0.1, 0.15) is 0 Å². The Bertz CT molecular complexity index is 872. The lowest BCUT2D eigenvalue weighted by molar-refractivity contribution is 0.132. The summed E-state index contributed by atoms with van der Waals surface area (Å²) in [6, 6.07) is 6.53. The maximum Gasteiger partial charge on any atom is 0.431 e. The number of amides is 1. The van der Waals surface area contributed by atoms with Crippen LogP contribution in [0.3, 0.4) is 0 Å². The number of methoxy groups -OCH3 is 1. The molecule has 1 N–H and O–H groups in total. The SMILES string of the molecule is COC(=O)N(C)N=Nc1ccc(Cn2cc(F)c(=O)[nH]c2=O)cc1. The monoisotopic (exact) mass is 335 g/mol. The molecule has 24 heavy (non-hydrogen) atoms. The normalized spacial score (nSPS) is 10.8. The number of nitrogens with zero attached hydrogens (tertiary/aromatic N) is 4. The van der Waals surface area contributed by atoms with Crippen LogP contribution in [0.25, 0.3) is 0 Å². The molecule has 0 saturated carbocycles. The molecule has 0 bridgehead atoms. The maximum absolute atomic E-state index is 13.2. The second kappa shape index (κ2) is 7.31. The minimum Gasteiger partial charge on any atom is -0.451 e. The van der Waals surface area contributed by atoms with Crippen LogP contribution in [0, 0.1) is 5.82 Å². The second-order valence-corrected chi connectivity index (χ2v) is 4.71. The Hall–Kier alpha value is -3.30. The molecular weight excluding hydrogens is 321 g/mol. The van der Waals surface area contributed by atoms with E-state index in [2.05, 4.69) is 15.1 Å². The largest absolute Gasteiger partial charge is 0.451 e. The van der Waals surface area contributed by atoms with Crippen molar-refractivity contribution >= 4 is 11.8 Å². The van der Waals surface area contributed by atoms with E-state index in [1.54, 1.807) is 24.3 Å². The number of carbonyl (C=O) groups excluding carboxylic acids is 1. The quantitative estimate of drug-likeness (QED) is 0.673. The molecule has 126 valence electrons. The van der Waals surface area contributed by atoms with E-state index in [0.717, 1.165) is 15.8 Å². The van der Waals surface area contributed by atoms with Crippen molar-refractivity contribution in [1.29, 1.82) is 0 Å². The van der Waals surface area contributed by atoms with Gasteiger partial charge in [-0.1, -0.05) is 17.4 Å². The Morgan fingerprint density at radius 3 is 2.62 bits per heavy atom.